The first kappa shape index (κ1) is 18.1. The summed E-state index contributed by atoms with van der Waals surface area (Å²) in [6.45, 7) is 5.20. The molecule has 0 saturated carbocycles. The lowest BCUT2D eigenvalue weighted by Gasteiger charge is -2.29. The molecule has 1 amide bonds. The Hall–Kier alpha value is -2.73. The molecule has 1 heterocycles. The molecule has 0 radical (unpaired) electrons. The van der Waals surface area contributed by atoms with Crippen molar-refractivity contribution in [2.24, 2.45) is 0 Å². The Morgan fingerprint density at radius 2 is 1.88 bits per heavy atom. The van der Waals surface area contributed by atoms with Crippen LogP contribution in [0.25, 0.3) is 0 Å². The molecule has 2 aromatic carbocycles. The summed E-state index contributed by atoms with van der Waals surface area (Å²) in [6, 6.07) is 12.6. The standard InChI is InChI=1S/C20H24N2O4/c1-14(21-20(24)18-8-7-17(25-2)13-19(18)23)15-3-5-16(6-4-15)22-9-11-26-12-10-22/h3-8,13-14,23H,9-12H2,1-2H3,(H,21,24). The van der Waals surface area contributed by atoms with Crippen molar-refractivity contribution in [2.45, 2.75) is 13.0 Å². The van der Waals surface area contributed by atoms with Gasteiger partial charge in [0.05, 0.1) is 31.9 Å². The normalized spacial score (nSPS) is 15.4. The number of phenols is 1. The average molecular weight is 356 g/mol. The van der Waals surface area contributed by atoms with Gasteiger partial charge in [0, 0.05) is 24.8 Å². The van der Waals surface area contributed by atoms with E-state index in [-0.39, 0.29) is 23.3 Å². The van der Waals surface area contributed by atoms with E-state index < -0.39 is 0 Å². The minimum atomic E-state index is -0.324. The number of phenolic OH excluding ortho intramolecular Hbond substituents is 1. The summed E-state index contributed by atoms with van der Waals surface area (Å²) in [6.07, 6.45) is 0. The molecule has 0 aromatic heterocycles. The summed E-state index contributed by atoms with van der Waals surface area (Å²) < 4.78 is 10.4. The van der Waals surface area contributed by atoms with Crippen molar-refractivity contribution >= 4 is 11.6 Å². The molecule has 26 heavy (non-hydrogen) atoms. The first-order valence-electron chi connectivity index (χ1n) is 8.69. The molecule has 6 heteroatoms. The Balaban J connectivity index is 1.65. The molecule has 0 spiro atoms. The van der Waals surface area contributed by atoms with Gasteiger partial charge < -0.3 is 24.8 Å². The van der Waals surface area contributed by atoms with E-state index in [2.05, 4.69) is 22.3 Å². The van der Waals surface area contributed by atoms with Gasteiger partial charge in [-0.25, -0.2) is 0 Å². The van der Waals surface area contributed by atoms with Crippen LogP contribution in [0.4, 0.5) is 5.69 Å². The molecule has 2 aromatic rings. The summed E-state index contributed by atoms with van der Waals surface area (Å²) in [5.74, 6) is 0.0809. The SMILES string of the molecule is COc1ccc(C(=O)NC(C)c2ccc(N3CCOCC3)cc2)c(O)c1. The van der Waals surface area contributed by atoms with Crippen LogP contribution in [0, 0.1) is 0 Å². The van der Waals surface area contributed by atoms with Crippen molar-refractivity contribution < 1.29 is 19.4 Å². The van der Waals surface area contributed by atoms with Crippen LogP contribution >= 0.6 is 0 Å². The van der Waals surface area contributed by atoms with Gasteiger partial charge in [-0.05, 0) is 36.8 Å². The number of hydrogen-bond donors (Lipinski definition) is 2. The third kappa shape index (κ3) is 4.08. The number of nitrogens with zero attached hydrogens (tertiary/aromatic N) is 1. The molecule has 1 atom stereocenters. The van der Waals surface area contributed by atoms with Crippen molar-refractivity contribution in [3.05, 3.63) is 53.6 Å². The van der Waals surface area contributed by atoms with Crippen molar-refractivity contribution in [1.82, 2.24) is 5.32 Å². The molecule has 2 N–H and O–H groups in total. The van der Waals surface area contributed by atoms with E-state index in [1.54, 1.807) is 12.1 Å². The topological polar surface area (TPSA) is 71.0 Å². The maximum absolute atomic E-state index is 12.4. The van der Waals surface area contributed by atoms with Crippen LogP contribution in [0.5, 0.6) is 11.5 Å². The molecule has 0 bridgehead atoms. The molecule has 3 rings (SSSR count). The minimum Gasteiger partial charge on any atom is -0.507 e. The van der Waals surface area contributed by atoms with E-state index >= 15 is 0 Å². The third-order valence-electron chi connectivity index (χ3n) is 4.57. The number of hydrogen-bond acceptors (Lipinski definition) is 5. The van der Waals surface area contributed by atoms with E-state index in [0.717, 1.165) is 37.6 Å². The molecule has 1 saturated heterocycles. The summed E-state index contributed by atoms with van der Waals surface area (Å²) in [5.41, 5.74) is 2.38. The fraction of sp³-hybridized carbons (Fsp3) is 0.350. The summed E-state index contributed by atoms with van der Waals surface area (Å²) in [5, 5.41) is 12.9. The maximum Gasteiger partial charge on any atom is 0.255 e. The Labute approximate surface area is 153 Å². The van der Waals surface area contributed by atoms with Gasteiger partial charge in [0.1, 0.15) is 11.5 Å². The lowest BCUT2D eigenvalue weighted by atomic mass is 10.1. The first-order chi connectivity index (χ1) is 12.6. The second-order valence-electron chi connectivity index (χ2n) is 6.27. The van der Waals surface area contributed by atoms with Crippen LogP contribution < -0.4 is 15.0 Å². The Morgan fingerprint density at radius 3 is 2.50 bits per heavy atom. The predicted octanol–water partition coefficient (Wildman–Crippen LogP) is 2.73. The van der Waals surface area contributed by atoms with Crippen LogP contribution in [0.15, 0.2) is 42.5 Å². The van der Waals surface area contributed by atoms with Gasteiger partial charge in [0.2, 0.25) is 0 Å². The number of benzene rings is 2. The van der Waals surface area contributed by atoms with Crippen molar-refractivity contribution in [2.75, 3.05) is 38.3 Å². The summed E-state index contributed by atoms with van der Waals surface area (Å²) in [7, 11) is 1.51. The van der Waals surface area contributed by atoms with Gasteiger partial charge in [0.25, 0.3) is 5.91 Å². The van der Waals surface area contributed by atoms with Gasteiger partial charge in [-0.15, -0.1) is 0 Å². The quantitative estimate of drug-likeness (QED) is 0.862. The minimum absolute atomic E-state index is 0.100. The number of morpholine rings is 1. The monoisotopic (exact) mass is 356 g/mol. The number of methoxy groups -OCH3 is 1. The van der Waals surface area contributed by atoms with Gasteiger partial charge in [-0.2, -0.15) is 0 Å². The number of ether oxygens (including phenoxy) is 2. The van der Waals surface area contributed by atoms with E-state index in [4.69, 9.17) is 9.47 Å². The average Bonchev–Trinajstić information content (AvgIpc) is 2.68. The molecule has 6 nitrogen and oxygen atoms in total. The molecule has 1 unspecified atom stereocenters. The number of anilines is 1. The highest BCUT2D eigenvalue weighted by Gasteiger charge is 2.16. The zero-order valence-electron chi connectivity index (χ0n) is 15.1. The van der Waals surface area contributed by atoms with Gasteiger partial charge in [-0.3, -0.25) is 4.79 Å². The van der Waals surface area contributed by atoms with Crippen LogP contribution in [0.3, 0.4) is 0 Å². The zero-order valence-corrected chi connectivity index (χ0v) is 15.1. The van der Waals surface area contributed by atoms with Gasteiger partial charge in [0.15, 0.2) is 0 Å². The van der Waals surface area contributed by atoms with Gasteiger partial charge >= 0.3 is 0 Å². The molecule has 1 fully saturated rings. The third-order valence-corrected chi connectivity index (χ3v) is 4.57. The number of aromatic hydroxyl groups is 1. The van der Waals surface area contributed by atoms with Crippen LogP contribution in [0.1, 0.15) is 28.9 Å². The van der Waals surface area contributed by atoms with E-state index in [0.29, 0.717) is 5.75 Å². The van der Waals surface area contributed by atoms with Crippen molar-refractivity contribution in [3.63, 3.8) is 0 Å². The number of amides is 1. The lowest BCUT2D eigenvalue weighted by Crippen LogP contribution is -2.36. The second kappa shape index (κ2) is 8.10. The van der Waals surface area contributed by atoms with Crippen LogP contribution in [0.2, 0.25) is 0 Å². The lowest BCUT2D eigenvalue weighted by molar-refractivity contribution is 0.0937. The fourth-order valence-corrected chi connectivity index (χ4v) is 2.98. The number of carbonyl (C=O) groups excluding carboxylic acids is 1. The highest BCUT2D eigenvalue weighted by atomic mass is 16.5. The van der Waals surface area contributed by atoms with Crippen molar-refractivity contribution in [3.8, 4) is 11.5 Å². The molecular weight excluding hydrogens is 332 g/mol. The maximum atomic E-state index is 12.4. The predicted molar refractivity (Wildman–Crippen MR) is 100 cm³/mol. The van der Waals surface area contributed by atoms with E-state index in [1.165, 1.54) is 13.2 Å². The van der Waals surface area contributed by atoms with Crippen LogP contribution in [-0.2, 0) is 4.74 Å². The first-order valence-corrected chi connectivity index (χ1v) is 8.69. The van der Waals surface area contributed by atoms with Gasteiger partial charge in [-0.1, -0.05) is 12.1 Å². The smallest absolute Gasteiger partial charge is 0.255 e. The zero-order chi connectivity index (χ0) is 18.5. The summed E-state index contributed by atoms with van der Waals surface area (Å²) >= 11 is 0. The fourth-order valence-electron chi connectivity index (χ4n) is 2.98. The van der Waals surface area contributed by atoms with Crippen molar-refractivity contribution in [1.29, 1.82) is 0 Å². The highest BCUT2D eigenvalue weighted by Crippen LogP contribution is 2.25. The Kier molecular flexibility index (Phi) is 5.63. The molecule has 1 aliphatic heterocycles. The molecule has 0 aliphatic carbocycles. The summed E-state index contributed by atoms with van der Waals surface area (Å²) in [4.78, 5) is 14.7. The number of nitrogens with one attached hydrogen (secondary N) is 1. The van der Waals surface area contributed by atoms with Crippen LogP contribution in [-0.4, -0.2) is 44.4 Å². The number of carbonyl (C=O) groups is 1. The molecule has 1 aliphatic rings. The van der Waals surface area contributed by atoms with E-state index in [9.17, 15) is 9.90 Å². The molecule has 138 valence electrons. The second-order valence-corrected chi connectivity index (χ2v) is 6.27. The molecular formula is C20H24N2O4. The number of rotatable bonds is 5. The Bertz CT molecular complexity index is 755. The highest BCUT2D eigenvalue weighted by molar-refractivity contribution is 5.97. The largest absolute Gasteiger partial charge is 0.507 e. The van der Waals surface area contributed by atoms with E-state index in [1.807, 2.05) is 19.1 Å². The Morgan fingerprint density at radius 1 is 1.19 bits per heavy atom.